The predicted octanol–water partition coefficient (Wildman–Crippen LogP) is 4.96. The number of piperidine rings is 1. The lowest BCUT2D eigenvalue weighted by atomic mass is 9.90. The van der Waals surface area contributed by atoms with Crippen LogP contribution in [-0.4, -0.2) is 57.2 Å². The van der Waals surface area contributed by atoms with E-state index in [1.54, 1.807) is 29.4 Å². The molecule has 2 aromatic heterocycles. The zero-order valence-corrected chi connectivity index (χ0v) is 24.0. The number of hydrogen-bond donors (Lipinski definition) is 0. The number of carbonyl (C=O) groups is 1. The fourth-order valence-corrected chi connectivity index (χ4v) is 6.31. The van der Waals surface area contributed by atoms with Crippen molar-refractivity contribution in [1.29, 1.82) is 0 Å². The van der Waals surface area contributed by atoms with Crippen LogP contribution >= 0.6 is 0 Å². The van der Waals surface area contributed by atoms with Crippen molar-refractivity contribution in [2.45, 2.75) is 71.3 Å². The van der Waals surface area contributed by atoms with Crippen molar-refractivity contribution in [3.8, 4) is 5.75 Å². The molecule has 6 rings (SSSR count). The van der Waals surface area contributed by atoms with Gasteiger partial charge in [0.2, 0.25) is 5.91 Å². The SMILES string of the molecule is CC(C)c1noc(N2CCC([C@H]3C[C@H]3CCCOc3ccc(CC(=O)N4CCc5nccnc5C4)c(F)c3)CC2)n1. The number of benzene rings is 1. The number of ether oxygens (including phenoxy) is 1. The van der Waals surface area contributed by atoms with E-state index in [0.717, 1.165) is 60.9 Å². The molecule has 4 heterocycles. The second kappa shape index (κ2) is 12.1. The van der Waals surface area contributed by atoms with Crippen LogP contribution in [0.3, 0.4) is 0 Å². The summed E-state index contributed by atoms with van der Waals surface area (Å²) in [7, 11) is 0. The van der Waals surface area contributed by atoms with Gasteiger partial charge in [-0.25, -0.2) is 4.39 Å². The number of aromatic nitrogens is 4. The van der Waals surface area contributed by atoms with Gasteiger partial charge in [0.25, 0.3) is 0 Å². The minimum atomic E-state index is -0.400. The summed E-state index contributed by atoms with van der Waals surface area (Å²) in [6.07, 6.45) is 9.75. The Balaban J connectivity index is 0.891. The molecule has 3 aliphatic rings. The van der Waals surface area contributed by atoms with E-state index in [4.69, 9.17) is 9.26 Å². The van der Waals surface area contributed by atoms with Crippen molar-refractivity contribution in [1.82, 2.24) is 25.0 Å². The van der Waals surface area contributed by atoms with Gasteiger partial charge in [0.1, 0.15) is 11.6 Å². The van der Waals surface area contributed by atoms with Gasteiger partial charge in [0, 0.05) is 50.4 Å². The Hall–Kier alpha value is -3.56. The molecule has 1 saturated carbocycles. The molecule has 0 spiro atoms. The Bertz CT molecular complexity index is 1360. The van der Waals surface area contributed by atoms with Crippen LogP contribution in [0.25, 0.3) is 0 Å². The van der Waals surface area contributed by atoms with Gasteiger partial charge >= 0.3 is 6.01 Å². The summed E-state index contributed by atoms with van der Waals surface area (Å²) in [5, 5.41) is 4.10. The van der Waals surface area contributed by atoms with Crippen molar-refractivity contribution in [3.05, 3.63) is 59.2 Å². The van der Waals surface area contributed by atoms with Crippen molar-refractivity contribution < 1.29 is 18.4 Å². The molecule has 1 aliphatic carbocycles. The number of anilines is 1. The van der Waals surface area contributed by atoms with Crippen LogP contribution in [0.15, 0.2) is 35.1 Å². The molecule has 0 bridgehead atoms. The van der Waals surface area contributed by atoms with E-state index in [2.05, 4.69) is 38.9 Å². The number of rotatable bonds is 10. The molecule has 0 radical (unpaired) electrons. The molecule has 41 heavy (non-hydrogen) atoms. The molecule has 2 aliphatic heterocycles. The van der Waals surface area contributed by atoms with Gasteiger partial charge in [0.15, 0.2) is 5.82 Å². The van der Waals surface area contributed by atoms with Gasteiger partial charge in [-0.3, -0.25) is 14.8 Å². The lowest BCUT2D eigenvalue weighted by Crippen LogP contribution is -2.37. The summed E-state index contributed by atoms with van der Waals surface area (Å²) in [5.41, 5.74) is 2.14. The number of halogens is 1. The first-order chi connectivity index (χ1) is 19.9. The molecule has 0 N–H and O–H groups in total. The summed E-state index contributed by atoms with van der Waals surface area (Å²) in [6, 6.07) is 5.50. The van der Waals surface area contributed by atoms with Crippen LogP contribution in [0.4, 0.5) is 10.4 Å². The highest BCUT2D eigenvalue weighted by atomic mass is 19.1. The summed E-state index contributed by atoms with van der Waals surface area (Å²) in [6.45, 7) is 7.67. The van der Waals surface area contributed by atoms with Crippen LogP contribution in [0.1, 0.15) is 74.6 Å². The molecule has 2 atom stereocenters. The van der Waals surface area contributed by atoms with Gasteiger partial charge in [-0.05, 0) is 61.5 Å². The van der Waals surface area contributed by atoms with Crippen LogP contribution in [0.2, 0.25) is 0 Å². The topological polar surface area (TPSA) is 97.5 Å². The highest BCUT2D eigenvalue weighted by Crippen LogP contribution is 2.50. The summed E-state index contributed by atoms with van der Waals surface area (Å²) in [4.78, 5) is 30.0. The molecule has 2 fully saturated rings. The molecule has 0 unspecified atom stereocenters. The maximum atomic E-state index is 14.8. The average Bonchev–Trinajstić information content (AvgIpc) is 3.58. The molecule has 10 heteroatoms. The molecular weight excluding hydrogens is 523 g/mol. The molecule has 9 nitrogen and oxygen atoms in total. The minimum absolute atomic E-state index is 0.0254. The lowest BCUT2D eigenvalue weighted by molar-refractivity contribution is -0.131. The number of amides is 1. The Morgan fingerprint density at radius 2 is 1.95 bits per heavy atom. The largest absolute Gasteiger partial charge is 0.493 e. The van der Waals surface area contributed by atoms with Crippen molar-refractivity contribution >= 4 is 11.9 Å². The number of carbonyl (C=O) groups excluding carboxylic acids is 1. The second-order valence-corrected chi connectivity index (χ2v) is 12.0. The molecule has 3 aromatic rings. The van der Waals surface area contributed by atoms with Crippen LogP contribution in [-0.2, 0) is 24.2 Å². The normalized spacial score (nSPS) is 20.8. The highest BCUT2D eigenvalue weighted by Gasteiger charge is 2.43. The number of fused-ring (bicyclic) bond motifs is 1. The summed E-state index contributed by atoms with van der Waals surface area (Å²) in [5.74, 6) is 3.40. The van der Waals surface area contributed by atoms with Gasteiger partial charge in [-0.2, -0.15) is 4.98 Å². The monoisotopic (exact) mass is 562 g/mol. The molecule has 1 aromatic carbocycles. The Morgan fingerprint density at radius 3 is 2.71 bits per heavy atom. The van der Waals surface area contributed by atoms with Gasteiger partial charge in [0.05, 0.1) is 31.0 Å². The van der Waals surface area contributed by atoms with Gasteiger partial charge < -0.3 is 19.1 Å². The quantitative estimate of drug-likeness (QED) is 0.320. The fourth-order valence-electron chi connectivity index (χ4n) is 6.31. The van der Waals surface area contributed by atoms with Gasteiger partial charge in [-0.1, -0.05) is 25.1 Å². The van der Waals surface area contributed by atoms with E-state index in [1.807, 2.05) is 0 Å². The third-order valence-corrected chi connectivity index (χ3v) is 8.87. The number of nitrogens with zero attached hydrogens (tertiary/aromatic N) is 6. The number of hydrogen-bond acceptors (Lipinski definition) is 8. The molecular formula is C31H39FN6O3. The molecule has 1 amide bonds. The van der Waals surface area contributed by atoms with E-state index in [1.165, 1.54) is 25.3 Å². The fraction of sp³-hybridized carbons (Fsp3) is 0.581. The van der Waals surface area contributed by atoms with E-state index in [0.29, 0.717) is 43.4 Å². The van der Waals surface area contributed by atoms with Gasteiger partial charge in [-0.15, -0.1) is 0 Å². The average molecular weight is 563 g/mol. The Kier molecular flexibility index (Phi) is 8.16. The van der Waals surface area contributed by atoms with E-state index in [9.17, 15) is 9.18 Å². The third-order valence-electron chi connectivity index (χ3n) is 8.87. The highest BCUT2D eigenvalue weighted by molar-refractivity contribution is 5.79. The van der Waals surface area contributed by atoms with E-state index in [-0.39, 0.29) is 18.2 Å². The van der Waals surface area contributed by atoms with E-state index < -0.39 is 5.82 Å². The van der Waals surface area contributed by atoms with Crippen molar-refractivity contribution in [3.63, 3.8) is 0 Å². The molecule has 218 valence electrons. The first kappa shape index (κ1) is 27.6. The summed E-state index contributed by atoms with van der Waals surface area (Å²) >= 11 is 0. The first-order valence-corrected chi connectivity index (χ1v) is 15.0. The maximum absolute atomic E-state index is 14.8. The summed E-state index contributed by atoms with van der Waals surface area (Å²) < 4.78 is 26.1. The predicted molar refractivity (Wildman–Crippen MR) is 151 cm³/mol. The zero-order valence-electron chi connectivity index (χ0n) is 24.0. The van der Waals surface area contributed by atoms with Crippen molar-refractivity contribution in [2.75, 3.05) is 31.1 Å². The Morgan fingerprint density at radius 1 is 1.15 bits per heavy atom. The smallest absolute Gasteiger partial charge is 0.324 e. The first-order valence-electron chi connectivity index (χ1n) is 15.0. The zero-order chi connectivity index (χ0) is 28.3. The van der Waals surface area contributed by atoms with Crippen LogP contribution in [0.5, 0.6) is 5.75 Å². The lowest BCUT2D eigenvalue weighted by Gasteiger charge is -2.30. The Labute approximate surface area is 240 Å². The van der Waals surface area contributed by atoms with Crippen LogP contribution in [0, 0.1) is 23.6 Å². The van der Waals surface area contributed by atoms with Crippen molar-refractivity contribution in [2.24, 2.45) is 17.8 Å². The second-order valence-electron chi connectivity index (χ2n) is 12.0. The van der Waals surface area contributed by atoms with E-state index >= 15 is 0 Å². The molecule has 1 saturated heterocycles. The maximum Gasteiger partial charge on any atom is 0.324 e. The van der Waals surface area contributed by atoms with Crippen LogP contribution < -0.4 is 9.64 Å². The third kappa shape index (κ3) is 6.52. The standard InChI is InChI=1S/C31H39FN6O3/c1-20(2)30-35-31(41-36-30)37-12-7-21(8-13-37)25-16-22(25)4-3-15-40-24-6-5-23(26(32)18-24)17-29(39)38-14-9-27-28(19-38)34-11-10-33-27/h5-6,10-11,18,20-22,25H,3-4,7-9,12-17,19H2,1-2H3/t22-,25-/m1/s1. The minimum Gasteiger partial charge on any atom is -0.493 e.